The van der Waals surface area contributed by atoms with E-state index < -0.39 is 0 Å². The molecule has 1 saturated carbocycles. The number of aliphatic imine (C=N–C) groups is 1. The van der Waals surface area contributed by atoms with Crippen LogP contribution in [0.4, 0.5) is 0 Å². The molecule has 2 aliphatic rings. The Hall–Kier alpha value is -1.55. The van der Waals surface area contributed by atoms with Crippen molar-refractivity contribution in [2.24, 2.45) is 10.9 Å². The molecule has 0 aromatic heterocycles. The fourth-order valence-corrected chi connectivity index (χ4v) is 3.35. The van der Waals surface area contributed by atoms with Gasteiger partial charge in [0.15, 0.2) is 5.96 Å². The van der Waals surface area contributed by atoms with Gasteiger partial charge < -0.3 is 10.6 Å². The van der Waals surface area contributed by atoms with Crippen LogP contribution in [0, 0.1) is 5.92 Å². The number of piperidine rings is 1. The van der Waals surface area contributed by atoms with Gasteiger partial charge in [-0.3, -0.25) is 9.89 Å². The summed E-state index contributed by atoms with van der Waals surface area (Å²) in [6.45, 7) is 5.46. The lowest BCUT2D eigenvalue weighted by Crippen LogP contribution is -2.37. The van der Waals surface area contributed by atoms with E-state index in [1.165, 1.54) is 62.7 Å². The number of benzene rings is 1. The maximum atomic E-state index is 4.30. The van der Waals surface area contributed by atoms with Crippen molar-refractivity contribution in [3.63, 3.8) is 0 Å². The standard InChI is InChI=1S/C20H32N4/c1-21-20(22-12-11-17-5-6-17)23-15-18-7-9-19(10-8-18)16-24-13-3-2-4-14-24/h7-10,17H,2-6,11-16H2,1H3,(H2,21,22,23). The quantitative estimate of drug-likeness (QED) is 0.597. The van der Waals surface area contributed by atoms with Crippen molar-refractivity contribution in [1.82, 2.24) is 15.5 Å². The summed E-state index contributed by atoms with van der Waals surface area (Å²) in [5.41, 5.74) is 2.73. The van der Waals surface area contributed by atoms with Gasteiger partial charge in [0.25, 0.3) is 0 Å². The summed E-state index contributed by atoms with van der Waals surface area (Å²) in [4.78, 5) is 6.87. The van der Waals surface area contributed by atoms with Gasteiger partial charge in [0.05, 0.1) is 0 Å². The van der Waals surface area contributed by atoms with Crippen LogP contribution in [0.25, 0.3) is 0 Å². The third-order valence-electron chi connectivity index (χ3n) is 5.10. The minimum atomic E-state index is 0.826. The predicted molar refractivity (Wildman–Crippen MR) is 101 cm³/mol. The number of nitrogens with one attached hydrogen (secondary N) is 2. The van der Waals surface area contributed by atoms with Crippen LogP contribution in [-0.2, 0) is 13.1 Å². The Labute approximate surface area is 146 Å². The lowest BCUT2D eigenvalue weighted by Gasteiger charge is -2.26. The summed E-state index contributed by atoms with van der Waals surface area (Å²) >= 11 is 0. The van der Waals surface area contributed by atoms with E-state index in [0.717, 1.165) is 31.5 Å². The molecule has 1 aliphatic carbocycles. The van der Waals surface area contributed by atoms with Gasteiger partial charge in [0, 0.05) is 26.7 Å². The first-order valence-electron chi connectivity index (χ1n) is 9.58. The zero-order valence-corrected chi connectivity index (χ0v) is 15.1. The number of guanidine groups is 1. The first kappa shape index (κ1) is 17.3. The van der Waals surface area contributed by atoms with E-state index in [1.54, 1.807) is 0 Å². The lowest BCUT2D eigenvalue weighted by molar-refractivity contribution is 0.221. The highest BCUT2D eigenvalue weighted by Gasteiger charge is 2.20. The third-order valence-corrected chi connectivity index (χ3v) is 5.10. The molecule has 3 rings (SSSR count). The number of rotatable bonds is 7. The van der Waals surface area contributed by atoms with Gasteiger partial charge in [-0.2, -0.15) is 0 Å². The monoisotopic (exact) mass is 328 g/mol. The van der Waals surface area contributed by atoms with E-state index in [-0.39, 0.29) is 0 Å². The third kappa shape index (κ3) is 5.82. The Bertz CT molecular complexity index is 513. The van der Waals surface area contributed by atoms with Gasteiger partial charge in [0.1, 0.15) is 0 Å². The molecule has 132 valence electrons. The molecule has 4 heteroatoms. The van der Waals surface area contributed by atoms with Crippen LogP contribution in [0.2, 0.25) is 0 Å². The van der Waals surface area contributed by atoms with Gasteiger partial charge in [-0.1, -0.05) is 43.5 Å². The van der Waals surface area contributed by atoms with Crippen LogP contribution in [0.1, 0.15) is 49.7 Å². The second-order valence-corrected chi connectivity index (χ2v) is 7.24. The number of nitrogens with zero attached hydrogens (tertiary/aromatic N) is 2. The van der Waals surface area contributed by atoms with E-state index in [4.69, 9.17) is 0 Å². The average molecular weight is 329 g/mol. The fraction of sp³-hybridized carbons (Fsp3) is 0.650. The highest BCUT2D eigenvalue weighted by molar-refractivity contribution is 5.79. The smallest absolute Gasteiger partial charge is 0.191 e. The van der Waals surface area contributed by atoms with E-state index >= 15 is 0 Å². The Balaban J connectivity index is 1.39. The normalized spacial score (nSPS) is 19.3. The summed E-state index contributed by atoms with van der Waals surface area (Å²) in [6.07, 6.45) is 8.21. The zero-order valence-electron chi connectivity index (χ0n) is 15.1. The maximum Gasteiger partial charge on any atom is 0.191 e. The first-order chi connectivity index (χ1) is 11.8. The highest BCUT2D eigenvalue weighted by atomic mass is 15.2. The molecule has 2 N–H and O–H groups in total. The molecule has 1 aliphatic heterocycles. The second kappa shape index (κ2) is 9.07. The van der Waals surface area contributed by atoms with Gasteiger partial charge >= 0.3 is 0 Å². The summed E-state index contributed by atoms with van der Waals surface area (Å²) in [7, 11) is 1.84. The number of hydrogen-bond donors (Lipinski definition) is 2. The summed E-state index contributed by atoms with van der Waals surface area (Å²) in [5.74, 6) is 1.87. The maximum absolute atomic E-state index is 4.30. The van der Waals surface area contributed by atoms with Crippen molar-refractivity contribution in [1.29, 1.82) is 0 Å². The van der Waals surface area contributed by atoms with E-state index in [0.29, 0.717) is 0 Å². The molecule has 1 heterocycles. The molecular weight excluding hydrogens is 296 g/mol. The molecule has 0 radical (unpaired) electrons. The topological polar surface area (TPSA) is 39.7 Å². The van der Waals surface area contributed by atoms with Gasteiger partial charge in [-0.15, -0.1) is 0 Å². The lowest BCUT2D eigenvalue weighted by atomic mass is 10.1. The van der Waals surface area contributed by atoms with E-state index in [1.807, 2.05) is 7.05 Å². The minimum Gasteiger partial charge on any atom is -0.356 e. The molecule has 0 spiro atoms. The van der Waals surface area contributed by atoms with Crippen LogP contribution in [0.3, 0.4) is 0 Å². The summed E-state index contributed by atoms with van der Waals surface area (Å²) < 4.78 is 0. The van der Waals surface area contributed by atoms with Crippen LogP contribution < -0.4 is 10.6 Å². The minimum absolute atomic E-state index is 0.826. The Kier molecular flexibility index (Phi) is 6.53. The summed E-state index contributed by atoms with van der Waals surface area (Å²) in [6, 6.07) is 9.03. The molecule has 0 amide bonds. The Morgan fingerprint density at radius 3 is 2.42 bits per heavy atom. The Morgan fingerprint density at radius 2 is 1.75 bits per heavy atom. The van der Waals surface area contributed by atoms with Crippen molar-refractivity contribution in [3.05, 3.63) is 35.4 Å². The Morgan fingerprint density at radius 1 is 1.04 bits per heavy atom. The number of likely N-dealkylation sites (tertiary alicyclic amines) is 1. The van der Waals surface area contributed by atoms with Crippen molar-refractivity contribution in [3.8, 4) is 0 Å². The molecule has 1 saturated heterocycles. The van der Waals surface area contributed by atoms with Crippen LogP contribution in [0.15, 0.2) is 29.3 Å². The predicted octanol–water partition coefficient (Wildman–Crippen LogP) is 3.14. The zero-order chi connectivity index (χ0) is 16.6. The van der Waals surface area contributed by atoms with Gasteiger partial charge in [-0.25, -0.2) is 0 Å². The largest absolute Gasteiger partial charge is 0.356 e. The first-order valence-corrected chi connectivity index (χ1v) is 9.58. The van der Waals surface area contributed by atoms with Crippen molar-refractivity contribution < 1.29 is 0 Å². The summed E-state index contributed by atoms with van der Waals surface area (Å²) in [5, 5.41) is 6.82. The molecule has 24 heavy (non-hydrogen) atoms. The van der Waals surface area contributed by atoms with Crippen molar-refractivity contribution >= 4 is 5.96 Å². The van der Waals surface area contributed by atoms with Crippen LogP contribution in [-0.4, -0.2) is 37.5 Å². The highest BCUT2D eigenvalue weighted by Crippen LogP contribution is 2.31. The van der Waals surface area contributed by atoms with Gasteiger partial charge in [0.2, 0.25) is 0 Å². The molecule has 0 bridgehead atoms. The molecule has 0 atom stereocenters. The SMILES string of the molecule is CN=C(NCCC1CC1)NCc1ccc(CN2CCCCC2)cc1. The van der Waals surface area contributed by atoms with E-state index in [2.05, 4.69) is 44.8 Å². The fourth-order valence-electron chi connectivity index (χ4n) is 3.35. The van der Waals surface area contributed by atoms with Crippen molar-refractivity contribution in [2.75, 3.05) is 26.7 Å². The molecule has 1 aromatic rings. The van der Waals surface area contributed by atoms with Crippen molar-refractivity contribution in [2.45, 2.75) is 51.6 Å². The molecule has 0 unspecified atom stereocenters. The van der Waals surface area contributed by atoms with Crippen LogP contribution >= 0.6 is 0 Å². The average Bonchev–Trinajstić information content (AvgIpc) is 3.44. The molecule has 1 aromatic carbocycles. The molecule has 4 nitrogen and oxygen atoms in total. The molecule has 2 fully saturated rings. The number of hydrogen-bond acceptors (Lipinski definition) is 2. The van der Waals surface area contributed by atoms with Gasteiger partial charge in [-0.05, 0) is 49.4 Å². The second-order valence-electron chi connectivity index (χ2n) is 7.24. The van der Waals surface area contributed by atoms with Crippen LogP contribution in [0.5, 0.6) is 0 Å². The molecular formula is C20H32N4. The van der Waals surface area contributed by atoms with E-state index in [9.17, 15) is 0 Å².